The van der Waals surface area contributed by atoms with E-state index in [2.05, 4.69) is 5.40 Å². The zero-order valence-electron chi connectivity index (χ0n) is 7.69. The van der Waals surface area contributed by atoms with Crippen LogP contribution >= 0.6 is 11.8 Å². The van der Waals surface area contributed by atoms with Crippen molar-refractivity contribution >= 4 is 17.5 Å². The van der Waals surface area contributed by atoms with E-state index >= 15 is 0 Å². The molecule has 0 N–H and O–H groups in total. The lowest BCUT2D eigenvalue weighted by Crippen LogP contribution is -2.26. The average molecular weight is 195 g/mol. The molecule has 0 amide bonds. The third-order valence-electron chi connectivity index (χ3n) is 3.48. The summed E-state index contributed by atoms with van der Waals surface area (Å²) in [7, 11) is 0. The molecule has 0 spiro atoms. The number of ketones is 1. The Morgan fingerprint density at radius 1 is 1.46 bits per heavy atom. The van der Waals surface area contributed by atoms with Crippen molar-refractivity contribution in [3.05, 3.63) is 0 Å². The third kappa shape index (κ3) is 1.48. The van der Waals surface area contributed by atoms with Crippen LogP contribution in [0, 0.1) is 28.4 Å². The van der Waals surface area contributed by atoms with Gasteiger partial charge in [0.2, 0.25) is 0 Å². The van der Waals surface area contributed by atoms with Crippen LogP contribution in [0.1, 0.15) is 26.2 Å². The Balaban J connectivity index is 2.07. The largest absolute Gasteiger partial charge is 0.300 e. The number of nitrogens with zero attached hydrogens (tertiary/aromatic N) is 1. The van der Waals surface area contributed by atoms with Gasteiger partial charge in [-0.15, -0.1) is 0 Å². The molecule has 2 saturated carbocycles. The van der Waals surface area contributed by atoms with Gasteiger partial charge in [-0.1, -0.05) is 0 Å². The second kappa shape index (κ2) is 3.34. The van der Waals surface area contributed by atoms with Gasteiger partial charge in [0.1, 0.15) is 11.2 Å². The number of hydrogen-bond donors (Lipinski definition) is 0. The van der Waals surface area contributed by atoms with Crippen molar-refractivity contribution in [3.63, 3.8) is 0 Å². The topological polar surface area (TPSA) is 40.9 Å². The minimum Gasteiger partial charge on any atom is -0.300 e. The number of Topliss-reactive ketones (excluding diaryl/α,β-unsaturated/α-hetero) is 1. The summed E-state index contributed by atoms with van der Waals surface area (Å²) >= 11 is 1.38. The van der Waals surface area contributed by atoms with Crippen LogP contribution in [-0.4, -0.2) is 11.0 Å². The van der Waals surface area contributed by atoms with E-state index in [0.29, 0.717) is 17.0 Å². The smallest absolute Gasteiger partial charge is 0.133 e. The number of thiocyanates is 1. The molecule has 0 radical (unpaired) electrons. The van der Waals surface area contributed by atoms with Gasteiger partial charge in [-0.3, -0.25) is 4.79 Å². The summed E-state index contributed by atoms with van der Waals surface area (Å²) in [6, 6.07) is 0. The van der Waals surface area contributed by atoms with Crippen molar-refractivity contribution in [2.45, 2.75) is 31.4 Å². The molecule has 13 heavy (non-hydrogen) atoms. The van der Waals surface area contributed by atoms with E-state index in [1.165, 1.54) is 18.2 Å². The zero-order valence-corrected chi connectivity index (χ0v) is 8.51. The van der Waals surface area contributed by atoms with Crippen molar-refractivity contribution in [2.75, 3.05) is 0 Å². The molecule has 0 aromatic rings. The minimum absolute atomic E-state index is 0.268. The maximum Gasteiger partial charge on any atom is 0.133 e. The Hall–Kier alpha value is -0.490. The van der Waals surface area contributed by atoms with Gasteiger partial charge in [-0.05, 0) is 49.8 Å². The Bertz CT molecular complexity index is 271. The van der Waals surface area contributed by atoms with Gasteiger partial charge < -0.3 is 0 Å². The second-order valence-corrected chi connectivity index (χ2v) is 5.23. The number of fused-ring (bicyclic) bond motifs is 2. The first-order chi connectivity index (χ1) is 6.22. The molecule has 2 nitrogen and oxygen atoms in total. The SMILES string of the molecule is CC(=O)C1CC2CC(SC#N)C1C2. The fourth-order valence-electron chi connectivity index (χ4n) is 2.96. The molecular weight excluding hydrogens is 182 g/mol. The first kappa shape index (κ1) is 9.08. The van der Waals surface area contributed by atoms with Crippen LogP contribution in [-0.2, 0) is 4.79 Å². The summed E-state index contributed by atoms with van der Waals surface area (Å²) in [5, 5.41) is 11.2. The maximum atomic E-state index is 11.3. The lowest BCUT2D eigenvalue weighted by Gasteiger charge is -2.25. The van der Waals surface area contributed by atoms with Gasteiger partial charge in [0.05, 0.1) is 0 Å². The molecule has 4 unspecified atom stereocenters. The molecule has 0 aliphatic heterocycles. The van der Waals surface area contributed by atoms with Gasteiger partial charge >= 0.3 is 0 Å². The summed E-state index contributed by atoms with van der Waals surface area (Å²) in [6.45, 7) is 1.69. The van der Waals surface area contributed by atoms with E-state index in [1.54, 1.807) is 6.92 Å². The van der Waals surface area contributed by atoms with E-state index in [-0.39, 0.29) is 5.92 Å². The number of carbonyl (C=O) groups is 1. The maximum absolute atomic E-state index is 11.3. The predicted molar refractivity (Wildman–Crippen MR) is 52.0 cm³/mol. The quantitative estimate of drug-likeness (QED) is 0.634. The number of hydrogen-bond acceptors (Lipinski definition) is 3. The number of thioether (sulfide) groups is 1. The van der Waals surface area contributed by atoms with Gasteiger partial charge in [0.25, 0.3) is 0 Å². The molecule has 4 atom stereocenters. The zero-order chi connectivity index (χ0) is 9.42. The average Bonchev–Trinajstić information content (AvgIpc) is 2.62. The summed E-state index contributed by atoms with van der Waals surface area (Å²) in [5.41, 5.74) is 0. The molecule has 2 aliphatic carbocycles. The summed E-state index contributed by atoms with van der Waals surface area (Å²) in [4.78, 5) is 11.3. The summed E-state index contributed by atoms with van der Waals surface area (Å²) in [6.07, 6.45) is 3.43. The fraction of sp³-hybridized carbons (Fsp3) is 0.800. The Kier molecular flexibility index (Phi) is 2.33. The lowest BCUT2D eigenvalue weighted by molar-refractivity contribution is -0.122. The molecule has 0 aromatic heterocycles. The monoisotopic (exact) mass is 195 g/mol. The van der Waals surface area contributed by atoms with E-state index in [0.717, 1.165) is 18.8 Å². The highest BCUT2D eigenvalue weighted by molar-refractivity contribution is 8.04. The van der Waals surface area contributed by atoms with Gasteiger partial charge in [-0.25, -0.2) is 0 Å². The Morgan fingerprint density at radius 3 is 2.77 bits per heavy atom. The molecular formula is C10H13NOS. The van der Waals surface area contributed by atoms with Gasteiger partial charge in [-0.2, -0.15) is 5.26 Å². The van der Waals surface area contributed by atoms with Crippen molar-refractivity contribution in [1.29, 1.82) is 5.26 Å². The Labute approximate surface area is 82.7 Å². The van der Waals surface area contributed by atoms with Crippen molar-refractivity contribution in [3.8, 4) is 5.40 Å². The van der Waals surface area contributed by atoms with Crippen LogP contribution in [0.5, 0.6) is 0 Å². The highest BCUT2D eigenvalue weighted by Gasteiger charge is 2.48. The summed E-state index contributed by atoms with van der Waals surface area (Å²) < 4.78 is 0. The summed E-state index contributed by atoms with van der Waals surface area (Å²) in [5.74, 6) is 1.83. The molecule has 2 fully saturated rings. The molecule has 2 aliphatic rings. The Morgan fingerprint density at radius 2 is 2.23 bits per heavy atom. The van der Waals surface area contributed by atoms with E-state index in [9.17, 15) is 4.79 Å². The number of rotatable bonds is 2. The molecule has 2 rings (SSSR count). The predicted octanol–water partition coefficient (Wildman–Crippen LogP) is 2.20. The first-order valence-corrected chi connectivity index (χ1v) is 5.65. The molecule has 0 saturated heterocycles. The second-order valence-electron chi connectivity index (χ2n) is 4.20. The van der Waals surface area contributed by atoms with Crippen LogP contribution in [0.25, 0.3) is 0 Å². The van der Waals surface area contributed by atoms with Crippen LogP contribution in [0.15, 0.2) is 0 Å². The third-order valence-corrected chi connectivity index (χ3v) is 4.43. The molecule has 0 heterocycles. The van der Waals surface area contributed by atoms with Gasteiger partial charge in [0.15, 0.2) is 0 Å². The normalized spacial score (nSPS) is 41.8. The highest BCUT2D eigenvalue weighted by atomic mass is 32.2. The first-order valence-electron chi connectivity index (χ1n) is 4.77. The standard InChI is InChI=1S/C10H13NOS/c1-6(12)8-2-7-3-9(8)10(4-7)13-5-11/h7-10H,2-4H2,1H3. The van der Waals surface area contributed by atoms with E-state index in [4.69, 9.17) is 5.26 Å². The van der Waals surface area contributed by atoms with Crippen LogP contribution in [0.3, 0.4) is 0 Å². The van der Waals surface area contributed by atoms with Crippen LogP contribution in [0.4, 0.5) is 0 Å². The van der Waals surface area contributed by atoms with E-state index < -0.39 is 0 Å². The minimum atomic E-state index is 0.268. The van der Waals surface area contributed by atoms with Crippen molar-refractivity contribution < 1.29 is 4.79 Å². The van der Waals surface area contributed by atoms with Crippen LogP contribution < -0.4 is 0 Å². The molecule has 2 bridgehead atoms. The van der Waals surface area contributed by atoms with E-state index in [1.807, 2.05) is 0 Å². The lowest BCUT2D eigenvalue weighted by atomic mass is 9.86. The van der Waals surface area contributed by atoms with Crippen molar-refractivity contribution in [2.24, 2.45) is 17.8 Å². The van der Waals surface area contributed by atoms with Crippen LogP contribution in [0.2, 0.25) is 0 Å². The molecule has 0 aromatic carbocycles. The number of nitriles is 1. The van der Waals surface area contributed by atoms with Crippen molar-refractivity contribution in [1.82, 2.24) is 0 Å². The van der Waals surface area contributed by atoms with Gasteiger partial charge in [0, 0.05) is 11.2 Å². The number of carbonyl (C=O) groups excluding carboxylic acids is 1. The highest BCUT2D eigenvalue weighted by Crippen LogP contribution is 2.52. The fourth-order valence-corrected chi connectivity index (χ4v) is 3.94. The molecule has 70 valence electrons. The molecule has 3 heteroatoms.